The zero-order valence-corrected chi connectivity index (χ0v) is 21.8. The van der Waals surface area contributed by atoms with Crippen LogP contribution >= 0.6 is 0 Å². The summed E-state index contributed by atoms with van der Waals surface area (Å²) in [6, 6.07) is 13.7. The maximum Gasteiger partial charge on any atom is 0.335 e. The number of Topliss-reactive ketones (excluding diaryl/α,β-unsaturated/α-hetero) is 1. The Bertz CT molecular complexity index is 1180. The smallest absolute Gasteiger partial charge is 0.335 e. The second kappa shape index (κ2) is 11.6. The van der Waals surface area contributed by atoms with Crippen molar-refractivity contribution in [3.63, 3.8) is 0 Å². The number of hydrogen-bond donors (Lipinski definition) is 4. The van der Waals surface area contributed by atoms with Crippen LogP contribution in [0.2, 0.25) is 0 Å². The largest absolute Gasteiger partial charge is 0.493 e. The number of carbonyl (C=O) groups excluding carboxylic acids is 1. The van der Waals surface area contributed by atoms with Crippen LogP contribution in [0.1, 0.15) is 40.7 Å². The summed E-state index contributed by atoms with van der Waals surface area (Å²) < 4.78 is 16.4. The highest BCUT2D eigenvalue weighted by molar-refractivity contribution is 6.02. The van der Waals surface area contributed by atoms with Gasteiger partial charge in [0.05, 0.1) is 7.11 Å². The normalized spacial score (nSPS) is 29.7. The molecule has 5 rings (SSSR count). The third-order valence-corrected chi connectivity index (χ3v) is 8.12. The molecule has 0 amide bonds. The summed E-state index contributed by atoms with van der Waals surface area (Å²) in [5, 5.41) is 39.7. The van der Waals surface area contributed by atoms with Crippen LogP contribution in [0.25, 0.3) is 0 Å². The second-order valence-corrected chi connectivity index (χ2v) is 10.7. The first kappa shape index (κ1) is 27.5. The van der Waals surface area contributed by atoms with E-state index in [1.54, 1.807) is 6.07 Å². The lowest BCUT2D eigenvalue weighted by Gasteiger charge is -2.38. The van der Waals surface area contributed by atoms with Crippen LogP contribution in [0.3, 0.4) is 0 Å². The number of ether oxygens (including phenoxy) is 3. The first-order valence-electron chi connectivity index (χ1n) is 13.4. The molecule has 0 aromatic heterocycles. The molecule has 2 aliphatic heterocycles. The molecule has 3 aliphatic rings. The van der Waals surface area contributed by atoms with Crippen LogP contribution in [0, 0.1) is 11.8 Å². The fourth-order valence-electron chi connectivity index (χ4n) is 5.92. The predicted octanol–water partition coefficient (Wildman–Crippen LogP) is 1.62. The molecule has 39 heavy (non-hydrogen) atoms. The average molecular weight is 542 g/mol. The number of aliphatic hydroxyl groups excluding tert-OH is 3. The van der Waals surface area contributed by atoms with Crippen molar-refractivity contribution in [2.24, 2.45) is 11.8 Å². The van der Waals surface area contributed by atoms with E-state index in [1.165, 1.54) is 18.7 Å². The molecular formula is C29H35NO9. The summed E-state index contributed by atoms with van der Waals surface area (Å²) in [5.41, 5.74) is 2.65. The average Bonchev–Trinajstić information content (AvgIpc) is 3.23. The van der Waals surface area contributed by atoms with Gasteiger partial charge in [-0.25, -0.2) is 4.79 Å². The highest BCUT2D eigenvalue weighted by atomic mass is 16.7. The van der Waals surface area contributed by atoms with E-state index in [0.717, 1.165) is 44.5 Å². The lowest BCUT2D eigenvalue weighted by atomic mass is 9.85. The lowest BCUT2D eigenvalue weighted by molar-refractivity contribution is -0.271. The Morgan fingerprint density at radius 1 is 1.03 bits per heavy atom. The van der Waals surface area contributed by atoms with Crippen LogP contribution in [0.15, 0.2) is 42.5 Å². The Morgan fingerprint density at radius 3 is 2.41 bits per heavy atom. The van der Waals surface area contributed by atoms with Crippen molar-refractivity contribution >= 4 is 11.8 Å². The predicted molar refractivity (Wildman–Crippen MR) is 139 cm³/mol. The van der Waals surface area contributed by atoms with E-state index in [2.05, 4.69) is 29.2 Å². The number of piperidine rings is 1. The third-order valence-electron chi connectivity index (χ3n) is 8.12. The zero-order valence-electron chi connectivity index (χ0n) is 21.8. The Hall–Kier alpha value is -3.02. The molecule has 2 fully saturated rings. The molecule has 4 N–H and O–H groups in total. The monoisotopic (exact) mass is 541 g/mol. The Balaban J connectivity index is 1.23. The molecule has 2 saturated heterocycles. The molecule has 0 radical (unpaired) electrons. The van der Waals surface area contributed by atoms with Gasteiger partial charge in [-0.05, 0) is 68.0 Å². The van der Waals surface area contributed by atoms with E-state index in [1.807, 2.05) is 6.07 Å². The number of carboxylic acids is 1. The van der Waals surface area contributed by atoms with E-state index in [0.29, 0.717) is 23.7 Å². The molecule has 6 atom stereocenters. The van der Waals surface area contributed by atoms with E-state index >= 15 is 0 Å². The Labute approximate surface area is 226 Å². The number of carbonyl (C=O) groups is 2. The van der Waals surface area contributed by atoms with Gasteiger partial charge in [0.2, 0.25) is 6.29 Å². The van der Waals surface area contributed by atoms with Crippen molar-refractivity contribution in [1.29, 1.82) is 0 Å². The van der Waals surface area contributed by atoms with Crippen LogP contribution in [0.4, 0.5) is 0 Å². The molecule has 10 heteroatoms. The van der Waals surface area contributed by atoms with Gasteiger partial charge in [0.15, 0.2) is 23.4 Å². The highest BCUT2D eigenvalue weighted by Gasteiger charge is 2.48. The first-order chi connectivity index (χ1) is 18.7. The van der Waals surface area contributed by atoms with Crippen molar-refractivity contribution in [3.8, 4) is 11.5 Å². The van der Waals surface area contributed by atoms with Crippen molar-refractivity contribution in [2.45, 2.75) is 62.9 Å². The van der Waals surface area contributed by atoms with Gasteiger partial charge < -0.3 is 34.6 Å². The number of carboxylic acid groups (broad SMARTS) is 1. The summed E-state index contributed by atoms with van der Waals surface area (Å²) >= 11 is 0. The molecule has 10 nitrogen and oxygen atoms in total. The van der Waals surface area contributed by atoms with Crippen molar-refractivity contribution in [3.05, 3.63) is 59.2 Å². The second-order valence-electron chi connectivity index (χ2n) is 10.7. The van der Waals surface area contributed by atoms with Gasteiger partial charge in [-0.1, -0.05) is 30.3 Å². The van der Waals surface area contributed by atoms with Gasteiger partial charge in [0, 0.05) is 18.0 Å². The number of aliphatic carboxylic acids is 1. The van der Waals surface area contributed by atoms with Crippen LogP contribution in [-0.2, 0) is 22.5 Å². The summed E-state index contributed by atoms with van der Waals surface area (Å²) in [7, 11) is 1.43. The Morgan fingerprint density at radius 2 is 1.74 bits per heavy atom. The number of methoxy groups -OCH3 is 1. The fourth-order valence-corrected chi connectivity index (χ4v) is 5.92. The number of aliphatic hydroxyl groups is 3. The molecule has 210 valence electrons. The number of ketones is 1. The number of rotatable bonds is 8. The van der Waals surface area contributed by atoms with Gasteiger partial charge in [-0.15, -0.1) is 0 Å². The number of fused-ring (bicyclic) bond motifs is 1. The number of hydrogen-bond acceptors (Lipinski definition) is 9. The molecule has 0 bridgehead atoms. The molecule has 2 aromatic carbocycles. The van der Waals surface area contributed by atoms with E-state index < -0.39 is 36.7 Å². The minimum Gasteiger partial charge on any atom is -0.493 e. The van der Waals surface area contributed by atoms with Crippen molar-refractivity contribution in [2.75, 3.05) is 20.2 Å². The van der Waals surface area contributed by atoms with Gasteiger partial charge in [-0.3, -0.25) is 9.69 Å². The fraction of sp³-hybridized carbons (Fsp3) is 0.517. The molecule has 0 spiro atoms. The number of likely N-dealkylation sites (tertiary alicyclic amines) is 1. The molecular weight excluding hydrogens is 506 g/mol. The van der Waals surface area contributed by atoms with Crippen molar-refractivity contribution in [1.82, 2.24) is 4.90 Å². The zero-order chi connectivity index (χ0) is 27.7. The van der Waals surface area contributed by atoms with E-state index in [4.69, 9.17) is 14.2 Å². The maximum absolute atomic E-state index is 13.4. The molecule has 1 aliphatic carbocycles. The number of nitrogens with zero attached hydrogens (tertiary/aromatic N) is 1. The first-order valence-corrected chi connectivity index (χ1v) is 13.4. The minimum atomic E-state index is -1.83. The van der Waals surface area contributed by atoms with Gasteiger partial charge in [-0.2, -0.15) is 0 Å². The quantitative estimate of drug-likeness (QED) is 0.389. The van der Waals surface area contributed by atoms with E-state index in [-0.39, 0.29) is 17.5 Å². The topological polar surface area (TPSA) is 146 Å². The van der Waals surface area contributed by atoms with Crippen molar-refractivity contribution < 1.29 is 44.2 Å². The minimum absolute atomic E-state index is 0.0215. The summed E-state index contributed by atoms with van der Waals surface area (Å²) in [5.74, 6) is -0.795. The standard InChI is InChI=1S/C29H35NO9/c1-37-21-13-18-12-19(11-16-7-9-30(10-8-16)15-17-5-3-2-4-6-17)23(31)20(18)14-22(21)38-29-26(34)24(32)25(33)27(39-29)28(35)36/h2-6,13-14,16,19,24-27,29,32-34H,7-12,15H2,1H3,(H,35,36)/t19-,24-,25-,26-,27-,29+/m0/s1. The summed E-state index contributed by atoms with van der Waals surface area (Å²) in [6.07, 6.45) is -5.24. The summed E-state index contributed by atoms with van der Waals surface area (Å²) in [4.78, 5) is 27.3. The molecule has 2 heterocycles. The molecule has 2 aromatic rings. The molecule has 0 unspecified atom stereocenters. The van der Waals surface area contributed by atoms with Crippen LogP contribution in [0.5, 0.6) is 11.5 Å². The lowest BCUT2D eigenvalue weighted by Crippen LogP contribution is -2.61. The van der Waals surface area contributed by atoms with Crippen LogP contribution < -0.4 is 9.47 Å². The Kier molecular flexibility index (Phi) is 8.20. The molecule has 0 saturated carbocycles. The number of benzene rings is 2. The van der Waals surface area contributed by atoms with Gasteiger partial charge in [0.25, 0.3) is 0 Å². The third kappa shape index (κ3) is 5.80. The maximum atomic E-state index is 13.4. The highest BCUT2D eigenvalue weighted by Crippen LogP contribution is 2.41. The van der Waals surface area contributed by atoms with Gasteiger partial charge >= 0.3 is 5.97 Å². The van der Waals surface area contributed by atoms with Gasteiger partial charge in [0.1, 0.15) is 18.3 Å². The van der Waals surface area contributed by atoms with Crippen LogP contribution in [-0.4, -0.2) is 88.0 Å². The van der Waals surface area contributed by atoms with E-state index in [9.17, 15) is 30.0 Å². The summed E-state index contributed by atoms with van der Waals surface area (Å²) in [6.45, 7) is 2.94. The SMILES string of the molecule is COc1cc2c(cc1O[C@@H]1O[C@H](C(=O)O)[C@@H](O)[C@H](O)[C@@H]1O)C(=O)[C@@H](CC1CCN(Cc3ccccc3)CC1)C2.